The molecule has 1 aliphatic rings. The highest BCUT2D eigenvalue weighted by Gasteiger charge is 2.18. The van der Waals surface area contributed by atoms with Crippen molar-refractivity contribution in [1.82, 2.24) is 10.2 Å². The summed E-state index contributed by atoms with van der Waals surface area (Å²) in [5.41, 5.74) is 4.26. The van der Waals surface area contributed by atoms with Crippen LogP contribution in [0.5, 0.6) is 0 Å². The zero-order chi connectivity index (χ0) is 12.3. The minimum absolute atomic E-state index is 0.738. The topological polar surface area (TPSA) is 15.3 Å². The molecule has 2 heteroatoms. The summed E-state index contributed by atoms with van der Waals surface area (Å²) in [6.45, 7) is 7.87. The van der Waals surface area contributed by atoms with Crippen molar-refractivity contribution in [3.63, 3.8) is 0 Å². The van der Waals surface area contributed by atoms with Crippen LogP contribution in [-0.4, -0.2) is 37.6 Å². The average molecular weight is 232 g/mol. The monoisotopic (exact) mass is 232 g/mol. The molecule has 1 fully saturated rings. The third-order valence-electron chi connectivity index (χ3n) is 3.98. The number of likely N-dealkylation sites (N-methyl/N-ethyl adjacent to an activating group) is 1. The Bertz CT molecular complexity index is 367. The highest BCUT2D eigenvalue weighted by atomic mass is 15.2. The zero-order valence-electron chi connectivity index (χ0n) is 11.3. The van der Waals surface area contributed by atoms with Gasteiger partial charge in [-0.15, -0.1) is 0 Å². The van der Waals surface area contributed by atoms with E-state index < -0.39 is 0 Å². The first kappa shape index (κ1) is 12.6. The number of nitrogens with zero attached hydrogens (tertiary/aromatic N) is 1. The molecule has 94 valence electrons. The molecule has 1 heterocycles. The molecule has 1 aliphatic heterocycles. The molecule has 0 radical (unpaired) electrons. The van der Waals surface area contributed by atoms with Crippen LogP contribution in [0, 0.1) is 13.8 Å². The van der Waals surface area contributed by atoms with Crippen molar-refractivity contribution in [1.29, 1.82) is 0 Å². The van der Waals surface area contributed by atoms with Gasteiger partial charge in [0, 0.05) is 19.1 Å². The predicted molar refractivity (Wildman–Crippen MR) is 73.5 cm³/mol. The molecule has 1 aromatic carbocycles. The van der Waals surface area contributed by atoms with Crippen molar-refractivity contribution < 1.29 is 0 Å². The minimum atomic E-state index is 0.738. The minimum Gasteiger partial charge on any atom is -0.315 e. The smallest absolute Gasteiger partial charge is 0.0229 e. The SMILES string of the molecule is Cc1ccc(CCN(C)C2CCNC2)cc1C. The average Bonchev–Trinajstić information content (AvgIpc) is 2.84. The molecule has 1 atom stereocenters. The van der Waals surface area contributed by atoms with Crippen LogP contribution in [0.3, 0.4) is 0 Å². The summed E-state index contributed by atoms with van der Waals surface area (Å²) in [5, 5.41) is 3.43. The lowest BCUT2D eigenvalue weighted by Crippen LogP contribution is -2.34. The second kappa shape index (κ2) is 5.65. The third-order valence-corrected chi connectivity index (χ3v) is 3.98. The molecular weight excluding hydrogens is 208 g/mol. The number of hydrogen-bond donors (Lipinski definition) is 1. The van der Waals surface area contributed by atoms with Crippen molar-refractivity contribution in [2.75, 3.05) is 26.7 Å². The van der Waals surface area contributed by atoms with Gasteiger partial charge in [0.15, 0.2) is 0 Å². The Hall–Kier alpha value is -0.860. The Balaban J connectivity index is 1.86. The summed E-state index contributed by atoms with van der Waals surface area (Å²) < 4.78 is 0. The molecule has 0 spiro atoms. The van der Waals surface area contributed by atoms with Gasteiger partial charge in [0.25, 0.3) is 0 Å². The highest BCUT2D eigenvalue weighted by Crippen LogP contribution is 2.12. The molecule has 17 heavy (non-hydrogen) atoms. The van der Waals surface area contributed by atoms with E-state index in [0.717, 1.165) is 25.6 Å². The van der Waals surface area contributed by atoms with Crippen LogP contribution in [-0.2, 0) is 6.42 Å². The van der Waals surface area contributed by atoms with Gasteiger partial charge in [-0.05, 0) is 57.0 Å². The summed E-state index contributed by atoms with van der Waals surface area (Å²) in [6.07, 6.45) is 2.46. The van der Waals surface area contributed by atoms with Crippen LogP contribution >= 0.6 is 0 Å². The van der Waals surface area contributed by atoms with E-state index in [1.807, 2.05) is 0 Å². The standard InChI is InChI=1S/C15H24N2/c1-12-4-5-14(10-13(12)2)7-9-17(3)15-6-8-16-11-15/h4-5,10,15-16H,6-9,11H2,1-3H3. The van der Waals surface area contributed by atoms with Gasteiger partial charge in [0.1, 0.15) is 0 Å². The van der Waals surface area contributed by atoms with E-state index in [4.69, 9.17) is 0 Å². The van der Waals surface area contributed by atoms with E-state index in [-0.39, 0.29) is 0 Å². The largest absolute Gasteiger partial charge is 0.315 e. The summed E-state index contributed by atoms with van der Waals surface area (Å²) in [4.78, 5) is 2.50. The summed E-state index contributed by atoms with van der Waals surface area (Å²) in [6, 6.07) is 7.57. The summed E-state index contributed by atoms with van der Waals surface area (Å²) >= 11 is 0. The van der Waals surface area contributed by atoms with E-state index >= 15 is 0 Å². The third kappa shape index (κ3) is 3.30. The lowest BCUT2D eigenvalue weighted by atomic mass is 10.0. The number of aryl methyl sites for hydroxylation is 2. The zero-order valence-corrected chi connectivity index (χ0v) is 11.3. The van der Waals surface area contributed by atoms with Crippen molar-refractivity contribution in [2.45, 2.75) is 32.7 Å². The van der Waals surface area contributed by atoms with Gasteiger partial charge in [-0.3, -0.25) is 0 Å². The number of nitrogens with one attached hydrogen (secondary N) is 1. The van der Waals surface area contributed by atoms with Gasteiger partial charge in [-0.1, -0.05) is 18.2 Å². The molecule has 0 amide bonds. The molecule has 2 nitrogen and oxygen atoms in total. The molecule has 1 N–H and O–H groups in total. The van der Waals surface area contributed by atoms with Crippen LogP contribution in [0.4, 0.5) is 0 Å². The fourth-order valence-corrected chi connectivity index (χ4v) is 2.46. The van der Waals surface area contributed by atoms with Crippen LogP contribution in [0.2, 0.25) is 0 Å². The molecule has 0 saturated carbocycles. The maximum Gasteiger partial charge on any atom is 0.0229 e. The van der Waals surface area contributed by atoms with Crippen molar-refractivity contribution in [2.24, 2.45) is 0 Å². The van der Waals surface area contributed by atoms with Crippen LogP contribution in [0.25, 0.3) is 0 Å². The first-order valence-corrected chi connectivity index (χ1v) is 6.64. The van der Waals surface area contributed by atoms with E-state index in [0.29, 0.717) is 0 Å². The van der Waals surface area contributed by atoms with Crippen LogP contribution in [0.1, 0.15) is 23.1 Å². The van der Waals surface area contributed by atoms with Gasteiger partial charge in [0.05, 0.1) is 0 Å². The van der Waals surface area contributed by atoms with Crippen molar-refractivity contribution >= 4 is 0 Å². The van der Waals surface area contributed by atoms with Crippen LogP contribution < -0.4 is 5.32 Å². The summed E-state index contributed by atoms with van der Waals surface area (Å²) in [7, 11) is 2.25. The van der Waals surface area contributed by atoms with Gasteiger partial charge < -0.3 is 10.2 Å². The van der Waals surface area contributed by atoms with Gasteiger partial charge in [-0.2, -0.15) is 0 Å². The van der Waals surface area contributed by atoms with Gasteiger partial charge in [0.2, 0.25) is 0 Å². The molecule has 1 aromatic rings. The highest BCUT2D eigenvalue weighted by molar-refractivity contribution is 5.30. The number of rotatable bonds is 4. The lowest BCUT2D eigenvalue weighted by Gasteiger charge is -2.23. The molecule has 0 bridgehead atoms. The van der Waals surface area contributed by atoms with Crippen LogP contribution in [0.15, 0.2) is 18.2 Å². The quantitative estimate of drug-likeness (QED) is 0.855. The fourth-order valence-electron chi connectivity index (χ4n) is 2.46. The Labute approximate surface area is 105 Å². The maximum atomic E-state index is 3.43. The molecule has 1 saturated heterocycles. The molecule has 2 rings (SSSR count). The first-order valence-electron chi connectivity index (χ1n) is 6.64. The molecule has 0 aromatic heterocycles. The Morgan fingerprint density at radius 3 is 2.76 bits per heavy atom. The van der Waals surface area contributed by atoms with Crippen molar-refractivity contribution in [3.05, 3.63) is 34.9 Å². The second-order valence-corrected chi connectivity index (χ2v) is 5.30. The van der Waals surface area contributed by atoms with E-state index in [2.05, 4.69) is 49.3 Å². The molecule has 1 unspecified atom stereocenters. The van der Waals surface area contributed by atoms with E-state index in [1.54, 1.807) is 0 Å². The van der Waals surface area contributed by atoms with E-state index in [9.17, 15) is 0 Å². The normalized spacial score (nSPS) is 20.1. The number of benzene rings is 1. The first-order chi connectivity index (χ1) is 8.16. The Kier molecular flexibility index (Phi) is 4.19. The predicted octanol–water partition coefficient (Wildman–Crippen LogP) is 2.14. The van der Waals surface area contributed by atoms with E-state index in [1.165, 1.54) is 29.7 Å². The molecule has 0 aliphatic carbocycles. The Morgan fingerprint density at radius 1 is 1.29 bits per heavy atom. The summed E-state index contributed by atoms with van der Waals surface area (Å²) in [5.74, 6) is 0. The van der Waals surface area contributed by atoms with Crippen molar-refractivity contribution in [3.8, 4) is 0 Å². The number of hydrogen-bond acceptors (Lipinski definition) is 2. The second-order valence-electron chi connectivity index (χ2n) is 5.30. The van der Waals surface area contributed by atoms with Gasteiger partial charge >= 0.3 is 0 Å². The van der Waals surface area contributed by atoms with Gasteiger partial charge in [-0.25, -0.2) is 0 Å². The fraction of sp³-hybridized carbons (Fsp3) is 0.600. The maximum absolute atomic E-state index is 3.43. The Morgan fingerprint density at radius 2 is 2.12 bits per heavy atom. The lowest BCUT2D eigenvalue weighted by molar-refractivity contribution is 0.260. The molecular formula is C15H24N2.